The number of carbonyl (C=O) groups is 1. The van der Waals surface area contributed by atoms with Crippen LogP contribution in [0.2, 0.25) is 5.02 Å². The molecule has 4 nitrogen and oxygen atoms in total. The van der Waals surface area contributed by atoms with Crippen molar-refractivity contribution >= 4 is 28.6 Å². The molecule has 3 aromatic rings. The Balaban J connectivity index is 2.38. The van der Waals surface area contributed by atoms with E-state index in [4.69, 9.17) is 11.6 Å². The van der Waals surface area contributed by atoms with Gasteiger partial charge in [-0.15, -0.1) is 0 Å². The molecule has 1 heterocycles. The largest absolute Gasteiger partial charge is 0.478 e. The van der Waals surface area contributed by atoms with E-state index in [0.717, 1.165) is 17.1 Å². The summed E-state index contributed by atoms with van der Waals surface area (Å²) in [6.07, 6.45) is 0. The number of fused-ring (bicyclic) bond motifs is 1. The second-order valence-corrected chi connectivity index (χ2v) is 5.31. The lowest BCUT2D eigenvalue weighted by Gasteiger charge is -2.10. The highest BCUT2D eigenvalue weighted by Crippen LogP contribution is 2.27. The molecule has 21 heavy (non-hydrogen) atoms. The summed E-state index contributed by atoms with van der Waals surface area (Å²) in [4.78, 5) is 15.9. The van der Waals surface area contributed by atoms with Crippen molar-refractivity contribution in [1.29, 1.82) is 0 Å². The summed E-state index contributed by atoms with van der Waals surface area (Å²) in [5.74, 6) is -0.251. The lowest BCUT2D eigenvalue weighted by Crippen LogP contribution is -2.03. The Morgan fingerprint density at radius 1 is 1.24 bits per heavy atom. The van der Waals surface area contributed by atoms with Gasteiger partial charge in [0.15, 0.2) is 0 Å². The summed E-state index contributed by atoms with van der Waals surface area (Å²) in [6, 6.07) is 10.7. The van der Waals surface area contributed by atoms with Crippen molar-refractivity contribution in [2.75, 3.05) is 0 Å². The first-order valence-electron chi connectivity index (χ1n) is 6.47. The van der Waals surface area contributed by atoms with Gasteiger partial charge in [0.1, 0.15) is 5.82 Å². The van der Waals surface area contributed by atoms with Crippen LogP contribution < -0.4 is 0 Å². The van der Waals surface area contributed by atoms with E-state index >= 15 is 0 Å². The van der Waals surface area contributed by atoms with E-state index in [2.05, 4.69) is 4.98 Å². The van der Waals surface area contributed by atoms with Crippen LogP contribution in [0.25, 0.3) is 16.7 Å². The normalized spacial score (nSPS) is 11.0. The first-order chi connectivity index (χ1) is 9.99. The van der Waals surface area contributed by atoms with Gasteiger partial charge in [0.05, 0.1) is 16.6 Å². The number of rotatable bonds is 2. The van der Waals surface area contributed by atoms with E-state index in [1.165, 1.54) is 0 Å². The van der Waals surface area contributed by atoms with Crippen molar-refractivity contribution in [3.63, 3.8) is 0 Å². The quantitative estimate of drug-likeness (QED) is 0.778. The number of aromatic nitrogens is 2. The lowest BCUT2D eigenvalue weighted by atomic mass is 10.1. The predicted octanol–water partition coefficient (Wildman–Crippen LogP) is 3.99. The van der Waals surface area contributed by atoms with Gasteiger partial charge in [0, 0.05) is 10.7 Å². The zero-order valence-corrected chi connectivity index (χ0v) is 12.3. The van der Waals surface area contributed by atoms with E-state index in [-0.39, 0.29) is 5.56 Å². The van der Waals surface area contributed by atoms with Gasteiger partial charge in [0.2, 0.25) is 0 Å². The average molecular weight is 301 g/mol. The number of halogens is 1. The van der Waals surface area contributed by atoms with Crippen LogP contribution in [-0.2, 0) is 0 Å². The van der Waals surface area contributed by atoms with Crippen LogP contribution in [0.4, 0.5) is 0 Å². The number of hydrogen-bond acceptors (Lipinski definition) is 2. The molecule has 1 N–H and O–H groups in total. The standard InChI is InChI=1S/C16H13ClN2O2/c1-9-6-7-11(8-13(9)17)19-10(2)18-14-5-3-4-12(15(14)19)16(20)21/h3-8H,1-2H3,(H,20,21). The Morgan fingerprint density at radius 3 is 2.67 bits per heavy atom. The topological polar surface area (TPSA) is 55.1 Å². The van der Waals surface area contributed by atoms with Crippen molar-refractivity contribution in [3.8, 4) is 5.69 Å². The Bertz CT molecular complexity index is 868. The fourth-order valence-electron chi connectivity index (χ4n) is 2.45. The third kappa shape index (κ3) is 2.17. The van der Waals surface area contributed by atoms with Gasteiger partial charge < -0.3 is 5.11 Å². The van der Waals surface area contributed by atoms with Gasteiger partial charge in [-0.05, 0) is 43.7 Å². The van der Waals surface area contributed by atoms with Crippen LogP contribution >= 0.6 is 11.6 Å². The van der Waals surface area contributed by atoms with Crippen LogP contribution in [0.15, 0.2) is 36.4 Å². The molecule has 1 aromatic heterocycles. The molecule has 0 aliphatic rings. The molecule has 0 saturated carbocycles. The molecule has 0 radical (unpaired) electrons. The van der Waals surface area contributed by atoms with Crippen molar-refractivity contribution in [1.82, 2.24) is 9.55 Å². The van der Waals surface area contributed by atoms with Gasteiger partial charge in [-0.2, -0.15) is 0 Å². The molecule has 0 atom stereocenters. The summed E-state index contributed by atoms with van der Waals surface area (Å²) in [5.41, 5.74) is 3.25. The van der Waals surface area contributed by atoms with E-state index in [1.807, 2.05) is 36.6 Å². The third-order valence-electron chi connectivity index (χ3n) is 3.49. The van der Waals surface area contributed by atoms with Crippen LogP contribution in [0.3, 0.4) is 0 Å². The highest BCUT2D eigenvalue weighted by Gasteiger charge is 2.17. The van der Waals surface area contributed by atoms with Crippen LogP contribution in [0.1, 0.15) is 21.7 Å². The number of nitrogens with zero attached hydrogens (tertiary/aromatic N) is 2. The molecular formula is C16H13ClN2O2. The van der Waals surface area contributed by atoms with Crippen molar-refractivity contribution < 1.29 is 9.90 Å². The van der Waals surface area contributed by atoms with Crippen molar-refractivity contribution in [3.05, 3.63) is 58.4 Å². The molecule has 106 valence electrons. The first-order valence-corrected chi connectivity index (χ1v) is 6.84. The molecule has 0 fully saturated rings. The monoisotopic (exact) mass is 300 g/mol. The van der Waals surface area contributed by atoms with E-state index in [0.29, 0.717) is 16.1 Å². The summed E-state index contributed by atoms with van der Waals surface area (Å²) in [6.45, 7) is 3.77. The number of para-hydroxylation sites is 1. The molecule has 0 bridgehead atoms. The fourth-order valence-corrected chi connectivity index (χ4v) is 2.63. The highest BCUT2D eigenvalue weighted by atomic mass is 35.5. The Labute approximate surface area is 126 Å². The van der Waals surface area contributed by atoms with Crippen LogP contribution in [-0.4, -0.2) is 20.6 Å². The number of carboxylic acid groups (broad SMARTS) is 1. The average Bonchev–Trinajstić information content (AvgIpc) is 2.77. The second kappa shape index (κ2) is 4.90. The summed E-state index contributed by atoms with van der Waals surface area (Å²) in [7, 11) is 0. The molecule has 3 rings (SSSR count). The SMILES string of the molecule is Cc1ccc(-n2c(C)nc3cccc(C(=O)O)c32)cc1Cl. The summed E-state index contributed by atoms with van der Waals surface area (Å²) < 4.78 is 1.82. The Morgan fingerprint density at radius 2 is 2.00 bits per heavy atom. The molecule has 0 aliphatic heterocycles. The number of imidazole rings is 1. The number of aromatic carboxylic acids is 1. The Kier molecular flexibility index (Phi) is 3.18. The minimum Gasteiger partial charge on any atom is -0.478 e. The summed E-state index contributed by atoms with van der Waals surface area (Å²) in [5, 5.41) is 10.0. The van der Waals surface area contributed by atoms with Gasteiger partial charge in [-0.1, -0.05) is 23.7 Å². The lowest BCUT2D eigenvalue weighted by molar-refractivity contribution is 0.0698. The maximum atomic E-state index is 11.5. The minimum absolute atomic E-state index is 0.227. The second-order valence-electron chi connectivity index (χ2n) is 4.91. The third-order valence-corrected chi connectivity index (χ3v) is 3.90. The zero-order valence-electron chi connectivity index (χ0n) is 11.6. The number of carboxylic acids is 1. The highest BCUT2D eigenvalue weighted by molar-refractivity contribution is 6.31. The number of hydrogen-bond donors (Lipinski definition) is 1. The van der Waals surface area contributed by atoms with Gasteiger partial charge in [-0.3, -0.25) is 4.57 Å². The molecule has 0 saturated heterocycles. The van der Waals surface area contributed by atoms with Gasteiger partial charge >= 0.3 is 5.97 Å². The van der Waals surface area contributed by atoms with Gasteiger partial charge in [-0.25, -0.2) is 9.78 Å². The number of aryl methyl sites for hydroxylation is 2. The van der Waals surface area contributed by atoms with Crippen molar-refractivity contribution in [2.45, 2.75) is 13.8 Å². The molecule has 0 aliphatic carbocycles. The van der Waals surface area contributed by atoms with E-state index in [9.17, 15) is 9.90 Å². The molecule has 5 heteroatoms. The van der Waals surface area contributed by atoms with Crippen LogP contribution in [0.5, 0.6) is 0 Å². The molecule has 0 spiro atoms. The smallest absolute Gasteiger partial charge is 0.337 e. The van der Waals surface area contributed by atoms with Crippen molar-refractivity contribution in [2.24, 2.45) is 0 Å². The molecular weight excluding hydrogens is 288 g/mol. The van der Waals surface area contributed by atoms with Gasteiger partial charge in [0.25, 0.3) is 0 Å². The van der Waals surface area contributed by atoms with E-state index in [1.54, 1.807) is 18.2 Å². The maximum absolute atomic E-state index is 11.5. The molecule has 0 amide bonds. The number of benzene rings is 2. The first kappa shape index (κ1) is 13.6. The fraction of sp³-hybridized carbons (Fsp3) is 0.125. The van der Waals surface area contributed by atoms with E-state index < -0.39 is 5.97 Å². The Hall–Kier alpha value is -2.33. The predicted molar refractivity (Wildman–Crippen MR) is 82.5 cm³/mol. The molecule has 2 aromatic carbocycles. The summed E-state index contributed by atoms with van der Waals surface area (Å²) >= 11 is 6.19. The minimum atomic E-state index is -0.972. The molecule has 0 unspecified atom stereocenters. The van der Waals surface area contributed by atoms with Crippen LogP contribution in [0, 0.1) is 13.8 Å². The zero-order chi connectivity index (χ0) is 15.1. The maximum Gasteiger partial charge on any atom is 0.337 e.